The van der Waals surface area contributed by atoms with E-state index in [1.54, 1.807) is 4.90 Å². The van der Waals surface area contributed by atoms with Crippen LogP contribution in [0.1, 0.15) is 12.8 Å². The Morgan fingerprint density at radius 1 is 1.62 bits per heavy atom. The lowest BCUT2D eigenvalue weighted by molar-refractivity contribution is -0.127. The maximum atomic E-state index is 12.6. The van der Waals surface area contributed by atoms with Crippen LogP contribution in [0.3, 0.4) is 0 Å². The van der Waals surface area contributed by atoms with Crippen molar-refractivity contribution in [1.82, 2.24) is 4.90 Å². The van der Waals surface area contributed by atoms with Gasteiger partial charge in [0.05, 0.1) is 6.04 Å². The van der Waals surface area contributed by atoms with E-state index in [0.29, 0.717) is 13.1 Å². The first-order valence-corrected chi connectivity index (χ1v) is 5.14. The second kappa shape index (κ2) is 5.44. The highest BCUT2D eigenvalue weighted by Gasteiger charge is 2.22. The zero-order chi connectivity index (χ0) is 12.1. The molecular formula is C11H16FN3O. The SMILES string of the molecule is C=CC(=O)N1CCC[C@@H](N=C(N)C(=C)F)C1. The van der Waals surface area contributed by atoms with Crippen LogP contribution in [0.25, 0.3) is 0 Å². The van der Waals surface area contributed by atoms with E-state index in [1.807, 2.05) is 0 Å². The highest BCUT2D eigenvalue weighted by molar-refractivity contribution is 5.94. The molecule has 0 saturated carbocycles. The number of hydrogen-bond acceptors (Lipinski definition) is 2. The minimum absolute atomic E-state index is 0.127. The van der Waals surface area contributed by atoms with E-state index in [9.17, 15) is 9.18 Å². The third kappa shape index (κ3) is 3.18. The van der Waals surface area contributed by atoms with Crippen LogP contribution in [0.4, 0.5) is 4.39 Å². The van der Waals surface area contributed by atoms with Gasteiger partial charge in [0.1, 0.15) is 0 Å². The van der Waals surface area contributed by atoms with Gasteiger partial charge in [-0.2, -0.15) is 0 Å². The topological polar surface area (TPSA) is 58.7 Å². The number of amidine groups is 1. The molecule has 1 amide bonds. The lowest BCUT2D eigenvalue weighted by Gasteiger charge is -2.30. The highest BCUT2D eigenvalue weighted by atomic mass is 19.1. The third-order valence-corrected chi connectivity index (χ3v) is 2.48. The first-order valence-electron chi connectivity index (χ1n) is 5.14. The number of nitrogens with two attached hydrogens (primary N) is 1. The van der Waals surface area contributed by atoms with Crippen molar-refractivity contribution < 1.29 is 9.18 Å². The van der Waals surface area contributed by atoms with E-state index in [1.165, 1.54) is 6.08 Å². The van der Waals surface area contributed by atoms with Gasteiger partial charge in [-0.15, -0.1) is 0 Å². The summed E-state index contributed by atoms with van der Waals surface area (Å²) in [4.78, 5) is 17.0. The molecule has 1 heterocycles. The summed E-state index contributed by atoms with van der Waals surface area (Å²) in [5, 5.41) is 0. The van der Waals surface area contributed by atoms with Gasteiger partial charge in [0.25, 0.3) is 0 Å². The van der Waals surface area contributed by atoms with Gasteiger partial charge in [-0.25, -0.2) is 4.39 Å². The van der Waals surface area contributed by atoms with Crippen LogP contribution >= 0.6 is 0 Å². The molecule has 5 heteroatoms. The fourth-order valence-electron chi connectivity index (χ4n) is 1.66. The molecular weight excluding hydrogens is 209 g/mol. The monoisotopic (exact) mass is 225 g/mol. The zero-order valence-corrected chi connectivity index (χ0v) is 9.16. The molecule has 0 aliphatic carbocycles. The lowest BCUT2D eigenvalue weighted by Crippen LogP contribution is -2.41. The predicted molar refractivity (Wildman–Crippen MR) is 61.7 cm³/mol. The third-order valence-electron chi connectivity index (χ3n) is 2.48. The van der Waals surface area contributed by atoms with E-state index >= 15 is 0 Å². The summed E-state index contributed by atoms with van der Waals surface area (Å²) in [6.45, 7) is 7.64. The molecule has 1 saturated heterocycles. The molecule has 1 atom stereocenters. The Bertz CT molecular complexity index is 338. The number of carbonyl (C=O) groups is 1. The molecule has 1 rings (SSSR count). The Balaban J connectivity index is 2.64. The molecule has 0 aromatic rings. The number of aliphatic imine (C=N–C) groups is 1. The van der Waals surface area contributed by atoms with E-state index in [0.717, 1.165) is 12.8 Å². The number of rotatable bonds is 3. The molecule has 1 aliphatic rings. The number of piperidine rings is 1. The summed E-state index contributed by atoms with van der Waals surface area (Å²) in [7, 11) is 0. The maximum absolute atomic E-state index is 12.6. The number of hydrogen-bond donors (Lipinski definition) is 1. The highest BCUT2D eigenvalue weighted by Crippen LogP contribution is 2.14. The normalized spacial score (nSPS) is 21.7. The standard InChI is InChI=1S/C11H16FN3O/c1-3-10(16)15-6-4-5-9(7-15)14-11(13)8(2)12/h3,9H,1-2,4-7H2,(H2,13,14)/t9-/m1/s1. The molecule has 2 N–H and O–H groups in total. The fourth-order valence-corrected chi connectivity index (χ4v) is 1.66. The van der Waals surface area contributed by atoms with Crippen molar-refractivity contribution in [2.45, 2.75) is 18.9 Å². The lowest BCUT2D eigenvalue weighted by atomic mass is 10.1. The second-order valence-electron chi connectivity index (χ2n) is 3.70. The van der Waals surface area contributed by atoms with Crippen molar-refractivity contribution in [3.63, 3.8) is 0 Å². The van der Waals surface area contributed by atoms with Gasteiger partial charge in [0.2, 0.25) is 5.91 Å². The van der Waals surface area contributed by atoms with Crippen LogP contribution in [0, 0.1) is 0 Å². The molecule has 0 radical (unpaired) electrons. The average Bonchev–Trinajstić information content (AvgIpc) is 2.28. The van der Waals surface area contributed by atoms with Gasteiger partial charge in [-0.05, 0) is 18.9 Å². The van der Waals surface area contributed by atoms with Gasteiger partial charge in [-0.1, -0.05) is 13.2 Å². The smallest absolute Gasteiger partial charge is 0.246 e. The molecule has 0 aromatic carbocycles. The zero-order valence-electron chi connectivity index (χ0n) is 9.16. The number of likely N-dealkylation sites (tertiary alicyclic amines) is 1. The summed E-state index contributed by atoms with van der Waals surface area (Å²) in [5.41, 5.74) is 5.35. The van der Waals surface area contributed by atoms with Gasteiger partial charge in [0.15, 0.2) is 11.7 Å². The van der Waals surface area contributed by atoms with E-state index < -0.39 is 5.83 Å². The van der Waals surface area contributed by atoms with Gasteiger partial charge in [-0.3, -0.25) is 9.79 Å². The van der Waals surface area contributed by atoms with Crippen LogP contribution in [-0.4, -0.2) is 35.8 Å². The van der Waals surface area contributed by atoms with Crippen LogP contribution in [0.2, 0.25) is 0 Å². The van der Waals surface area contributed by atoms with Crippen LogP contribution < -0.4 is 5.73 Å². The van der Waals surface area contributed by atoms with E-state index in [4.69, 9.17) is 5.73 Å². The molecule has 16 heavy (non-hydrogen) atoms. The average molecular weight is 225 g/mol. The van der Waals surface area contributed by atoms with Crippen molar-refractivity contribution in [2.24, 2.45) is 10.7 Å². The van der Waals surface area contributed by atoms with E-state index in [2.05, 4.69) is 18.2 Å². The molecule has 4 nitrogen and oxygen atoms in total. The van der Waals surface area contributed by atoms with Gasteiger partial charge >= 0.3 is 0 Å². The molecule has 0 spiro atoms. The number of carbonyl (C=O) groups excluding carboxylic acids is 1. The number of nitrogens with zero attached hydrogens (tertiary/aromatic N) is 2. The van der Waals surface area contributed by atoms with Crippen LogP contribution in [0.15, 0.2) is 30.1 Å². The van der Waals surface area contributed by atoms with Crippen molar-refractivity contribution in [2.75, 3.05) is 13.1 Å². The molecule has 0 bridgehead atoms. The van der Waals surface area contributed by atoms with Crippen molar-refractivity contribution in [3.8, 4) is 0 Å². The summed E-state index contributed by atoms with van der Waals surface area (Å²) < 4.78 is 12.6. The van der Waals surface area contributed by atoms with Crippen LogP contribution in [-0.2, 0) is 4.79 Å². The van der Waals surface area contributed by atoms with Crippen molar-refractivity contribution in [1.29, 1.82) is 0 Å². The van der Waals surface area contributed by atoms with Crippen molar-refractivity contribution in [3.05, 3.63) is 25.1 Å². The summed E-state index contributed by atoms with van der Waals surface area (Å²) in [6.07, 6.45) is 2.90. The summed E-state index contributed by atoms with van der Waals surface area (Å²) in [5.74, 6) is -1.04. The largest absolute Gasteiger partial charge is 0.382 e. The van der Waals surface area contributed by atoms with Gasteiger partial charge < -0.3 is 10.6 Å². The molecule has 1 fully saturated rings. The summed E-state index contributed by atoms with van der Waals surface area (Å²) >= 11 is 0. The Morgan fingerprint density at radius 2 is 2.31 bits per heavy atom. The number of halogens is 1. The van der Waals surface area contributed by atoms with Gasteiger partial charge in [0, 0.05) is 13.1 Å². The Morgan fingerprint density at radius 3 is 2.88 bits per heavy atom. The minimum atomic E-state index is -0.729. The molecule has 88 valence electrons. The van der Waals surface area contributed by atoms with E-state index in [-0.39, 0.29) is 17.8 Å². The molecule has 1 aliphatic heterocycles. The molecule has 0 unspecified atom stereocenters. The number of amides is 1. The maximum Gasteiger partial charge on any atom is 0.246 e. The first-order chi connectivity index (χ1) is 7.54. The quantitative estimate of drug-likeness (QED) is 0.442. The fraction of sp³-hybridized carbons (Fsp3) is 0.455. The van der Waals surface area contributed by atoms with Crippen LogP contribution in [0.5, 0.6) is 0 Å². The summed E-state index contributed by atoms with van der Waals surface area (Å²) in [6, 6.07) is -0.148. The minimum Gasteiger partial charge on any atom is -0.382 e. The Hall–Kier alpha value is -1.65. The Kier molecular flexibility index (Phi) is 4.22. The molecule has 0 aromatic heterocycles. The van der Waals surface area contributed by atoms with Crippen molar-refractivity contribution >= 4 is 11.7 Å². The predicted octanol–water partition coefficient (Wildman–Crippen LogP) is 1.00. The second-order valence-corrected chi connectivity index (χ2v) is 3.70. The first kappa shape index (κ1) is 12.4. The Labute approximate surface area is 94.3 Å².